The van der Waals surface area contributed by atoms with E-state index in [1.54, 1.807) is 0 Å². The predicted octanol–water partition coefficient (Wildman–Crippen LogP) is 3.08. The fourth-order valence-corrected chi connectivity index (χ4v) is 1.93. The Morgan fingerprint density at radius 1 is 1.30 bits per heavy atom. The van der Waals surface area contributed by atoms with E-state index < -0.39 is 28.5 Å². The summed E-state index contributed by atoms with van der Waals surface area (Å²) in [4.78, 5) is 9.89. The maximum atomic E-state index is 13.9. The standard InChI is InChI=1S/C13H12F2N2O3/c1-7-5-10(15)8(6-9(7)14)13(16-2)11-3-4-12(20-11)17(18)19/h3-6,13,16H,1-2H3. The van der Waals surface area contributed by atoms with Crippen LogP contribution in [-0.2, 0) is 0 Å². The number of benzene rings is 1. The van der Waals surface area contributed by atoms with Gasteiger partial charge in [-0.2, -0.15) is 0 Å². The third-order valence-electron chi connectivity index (χ3n) is 2.95. The Hall–Kier alpha value is -2.28. The third kappa shape index (κ3) is 2.53. The second-order valence-electron chi connectivity index (χ2n) is 4.28. The van der Waals surface area contributed by atoms with Gasteiger partial charge in [-0.25, -0.2) is 8.78 Å². The molecule has 1 atom stereocenters. The normalized spacial score (nSPS) is 12.4. The Morgan fingerprint density at radius 2 is 2.00 bits per heavy atom. The summed E-state index contributed by atoms with van der Waals surface area (Å²) in [5, 5.41) is 13.3. The number of aryl methyl sites for hydroxylation is 1. The Bertz CT molecular complexity index is 655. The highest BCUT2D eigenvalue weighted by Gasteiger charge is 2.23. The van der Waals surface area contributed by atoms with Gasteiger partial charge in [0, 0.05) is 5.56 Å². The van der Waals surface area contributed by atoms with Crippen molar-refractivity contribution in [3.05, 3.63) is 62.9 Å². The molecule has 7 heteroatoms. The van der Waals surface area contributed by atoms with Crippen molar-refractivity contribution in [2.45, 2.75) is 13.0 Å². The lowest BCUT2D eigenvalue weighted by atomic mass is 10.0. The second kappa shape index (κ2) is 5.38. The van der Waals surface area contributed by atoms with E-state index >= 15 is 0 Å². The fraction of sp³-hybridized carbons (Fsp3) is 0.231. The number of hydrogen-bond acceptors (Lipinski definition) is 4. The molecule has 2 aromatic rings. The number of nitrogens with one attached hydrogen (secondary N) is 1. The summed E-state index contributed by atoms with van der Waals surface area (Å²) in [5.74, 6) is -1.47. The molecule has 0 radical (unpaired) electrons. The van der Waals surface area contributed by atoms with E-state index in [1.165, 1.54) is 26.1 Å². The zero-order valence-electron chi connectivity index (χ0n) is 10.8. The minimum atomic E-state index is -0.807. The lowest BCUT2D eigenvalue weighted by Crippen LogP contribution is -2.18. The van der Waals surface area contributed by atoms with E-state index in [9.17, 15) is 18.9 Å². The number of furan rings is 1. The van der Waals surface area contributed by atoms with Gasteiger partial charge in [-0.15, -0.1) is 0 Å². The first-order valence-corrected chi connectivity index (χ1v) is 5.81. The third-order valence-corrected chi connectivity index (χ3v) is 2.95. The monoisotopic (exact) mass is 282 g/mol. The van der Waals surface area contributed by atoms with E-state index in [0.717, 1.165) is 12.1 Å². The molecule has 1 aromatic carbocycles. The van der Waals surface area contributed by atoms with Crippen LogP contribution in [0.1, 0.15) is 22.9 Å². The molecule has 1 heterocycles. The minimum Gasteiger partial charge on any atom is -0.404 e. The Labute approximate surface area is 113 Å². The van der Waals surface area contributed by atoms with Crippen LogP contribution in [-0.4, -0.2) is 12.0 Å². The molecule has 0 aliphatic rings. The second-order valence-corrected chi connectivity index (χ2v) is 4.28. The highest BCUT2D eigenvalue weighted by Crippen LogP contribution is 2.29. The molecule has 0 saturated carbocycles. The first-order chi connectivity index (χ1) is 9.43. The van der Waals surface area contributed by atoms with Gasteiger partial charge in [0.2, 0.25) is 0 Å². The van der Waals surface area contributed by atoms with Crippen LogP contribution in [0, 0.1) is 28.7 Å². The smallest absolute Gasteiger partial charge is 0.404 e. The highest BCUT2D eigenvalue weighted by molar-refractivity contribution is 5.33. The lowest BCUT2D eigenvalue weighted by molar-refractivity contribution is -0.402. The van der Waals surface area contributed by atoms with Gasteiger partial charge in [-0.05, 0) is 37.7 Å². The van der Waals surface area contributed by atoms with Gasteiger partial charge in [0.05, 0.1) is 12.1 Å². The number of rotatable bonds is 4. The number of nitrogens with zero attached hydrogens (tertiary/aromatic N) is 1. The molecule has 2 rings (SSSR count). The van der Waals surface area contributed by atoms with Crippen molar-refractivity contribution in [3.8, 4) is 0 Å². The molecule has 0 amide bonds. The van der Waals surface area contributed by atoms with Crippen LogP contribution in [0.15, 0.2) is 28.7 Å². The lowest BCUT2D eigenvalue weighted by Gasteiger charge is -2.15. The Kier molecular flexibility index (Phi) is 3.80. The maximum absolute atomic E-state index is 13.9. The summed E-state index contributed by atoms with van der Waals surface area (Å²) in [7, 11) is 1.52. The molecule has 20 heavy (non-hydrogen) atoms. The van der Waals surface area contributed by atoms with Crippen molar-refractivity contribution in [2.24, 2.45) is 0 Å². The number of halogens is 2. The molecule has 0 aliphatic heterocycles. The van der Waals surface area contributed by atoms with Crippen LogP contribution < -0.4 is 5.32 Å². The average Bonchev–Trinajstić information content (AvgIpc) is 2.86. The average molecular weight is 282 g/mol. The van der Waals surface area contributed by atoms with Gasteiger partial charge in [-0.3, -0.25) is 10.1 Å². The van der Waals surface area contributed by atoms with Crippen LogP contribution >= 0.6 is 0 Å². The van der Waals surface area contributed by atoms with E-state index in [1.807, 2.05) is 0 Å². The molecule has 0 fully saturated rings. The van der Waals surface area contributed by atoms with Crippen molar-refractivity contribution in [3.63, 3.8) is 0 Å². The summed E-state index contributed by atoms with van der Waals surface area (Å²) >= 11 is 0. The van der Waals surface area contributed by atoms with Gasteiger partial charge >= 0.3 is 5.88 Å². The van der Waals surface area contributed by atoms with Crippen molar-refractivity contribution in [1.82, 2.24) is 5.32 Å². The van der Waals surface area contributed by atoms with E-state index in [0.29, 0.717) is 0 Å². The van der Waals surface area contributed by atoms with Crippen molar-refractivity contribution >= 4 is 5.88 Å². The van der Waals surface area contributed by atoms with Crippen LogP contribution in [0.25, 0.3) is 0 Å². The summed E-state index contributed by atoms with van der Waals surface area (Å²) in [6, 6.07) is 3.85. The van der Waals surface area contributed by atoms with Gasteiger partial charge in [-0.1, -0.05) is 0 Å². The summed E-state index contributed by atoms with van der Waals surface area (Å²) < 4.78 is 32.5. The maximum Gasteiger partial charge on any atom is 0.433 e. The fourth-order valence-electron chi connectivity index (χ4n) is 1.93. The summed E-state index contributed by atoms with van der Waals surface area (Å²) in [5.41, 5.74) is 0.214. The largest absolute Gasteiger partial charge is 0.433 e. The molecule has 1 unspecified atom stereocenters. The van der Waals surface area contributed by atoms with Crippen LogP contribution in [0.3, 0.4) is 0 Å². The van der Waals surface area contributed by atoms with Gasteiger partial charge in [0.1, 0.15) is 22.3 Å². The Balaban J connectivity index is 2.46. The number of hydrogen-bond donors (Lipinski definition) is 1. The summed E-state index contributed by atoms with van der Waals surface area (Å²) in [6.45, 7) is 1.45. The molecule has 0 spiro atoms. The number of nitro groups is 1. The first-order valence-electron chi connectivity index (χ1n) is 5.81. The molecule has 0 bridgehead atoms. The Morgan fingerprint density at radius 3 is 2.55 bits per heavy atom. The molecule has 106 valence electrons. The molecule has 0 saturated heterocycles. The van der Waals surface area contributed by atoms with Gasteiger partial charge in [0.25, 0.3) is 0 Å². The molecule has 5 nitrogen and oxygen atoms in total. The van der Waals surface area contributed by atoms with Crippen LogP contribution in [0.5, 0.6) is 0 Å². The summed E-state index contributed by atoms with van der Waals surface area (Å²) in [6.07, 6.45) is 0. The molecule has 1 N–H and O–H groups in total. The SMILES string of the molecule is CNC(c1ccc([N+](=O)[O-])o1)c1cc(F)c(C)cc1F. The van der Waals surface area contributed by atoms with E-state index in [-0.39, 0.29) is 16.9 Å². The van der Waals surface area contributed by atoms with E-state index in [4.69, 9.17) is 4.42 Å². The van der Waals surface area contributed by atoms with Gasteiger partial charge < -0.3 is 9.73 Å². The molecular weight excluding hydrogens is 270 g/mol. The first kappa shape index (κ1) is 14.1. The zero-order chi connectivity index (χ0) is 14.9. The topological polar surface area (TPSA) is 68.3 Å². The molecular formula is C13H12F2N2O3. The van der Waals surface area contributed by atoms with Crippen LogP contribution in [0.4, 0.5) is 14.7 Å². The highest BCUT2D eigenvalue weighted by atomic mass is 19.1. The van der Waals surface area contributed by atoms with Gasteiger partial charge in [0.15, 0.2) is 0 Å². The minimum absolute atomic E-state index is 0.0276. The predicted molar refractivity (Wildman–Crippen MR) is 67.4 cm³/mol. The van der Waals surface area contributed by atoms with Crippen molar-refractivity contribution in [1.29, 1.82) is 0 Å². The quantitative estimate of drug-likeness (QED) is 0.691. The zero-order valence-corrected chi connectivity index (χ0v) is 10.8. The van der Waals surface area contributed by atoms with Crippen molar-refractivity contribution < 1.29 is 18.1 Å². The molecule has 0 aliphatic carbocycles. The van der Waals surface area contributed by atoms with E-state index in [2.05, 4.69) is 5.32 Å². The molecule has 1 aromatic heterocycles. The van der Waals surface area contributed by atoms with Crippen LogP contribution in [0.2, 0.25) is 0 Å². The van der Waals surface area contributed by atoms with Crippen molar-refractivity contribution in [2.75, 3.05) is 7.05 Å².